The van der Waals surface area contributed by atoms with Gasteiger partial charge >= 0.3 is 5.97 Å². The van der Waals surface area contributed by atoms with Gasteiger partial charge < -0.3 is 9.47 Å². The number of esters is 1. The highest BCUT2D eigenvalue weighted by atomic mass is 32.1. The summed E-state index contributed by atoms with van der Waals surface area (Å²) < 4.78 is 14.0. The number of aldehydes is 1. The molecule has 0 spiro atoms. The molecule has 2 aromatic carbocycles. The molecule has 5 nitrogen and oxygen atoms in total. The Morgan fingerprint density at radius 1 is 0.776 bits per heavy atom. The fourth-order valence-electron chi connectivity index (χ4n) is 10.0. The second kappa shape index (κ2) is 15.7. The molecule has 0 bridgehead atoms. The van der Waals surface area contributed by atoms with E-state index in [1.165, 1.54) is 64.2 Å². The van der Waals surface area contributed by atoms with Crippen LogP contribution in [0.1, 0.15) is 129 Å². The number of nitrogens with zero attached hydrogens (tertiary/aromatic N) is 1. The number of aromatic nitrogens is 1. The van der Waals surface area contributed by atoms with Crippen molar-refractivity contribution >= 4 is 33.8 Å². The minimum absolute atomic E-state index is 0.0621. The van der Waals surface area contributed by atoms with E-state index in [1.54, 1.807) is 11.3 Å². The number of hydrogen-bond donors (Lipinski definition) is 0. The Bertz CT molecular complexity index is 1520. The third-order valence-electron chi connectivity index (χ3n) is 13.5. The van der Waals surface area contributed by atoms with E-state index in [1.807, 2.05) is 36.4 Å². The van der Waals surface area contributed by atoms with Crippen molar-refractivity contribution in [1.29, 1.82) is 0 Å². The van der Waals surface area contributed by atoms with Gasteiger partial charge in [0.1, 0.15) is 16.5 Å². The lowest BCUT2D eigenvalue weighted by molar-refractivity contribution is -0.140. The van der Waals surface area contributed by atoms with Crippen LogP contribution >= 0.6 is 11.3 Å². The Hall–Kier alpha value is -2.73. The van der Waals surface area contributed by atoms with Crippen molar-refractivity contribution in [2.24, 2.45) is 41.4 Å². The molecule has 3 aromatic rings. The van der Waals surface area contributed by atoms with E-state index in [-0.39, 0.29) is 11.9 Å². The standard InChI is InChI=1S/C43H57NO4S/c1-3-29-9-13-31(14-10-29)33-17-19-35(20-18-33)42(46)47-39-22-21-36(27-37(39)41-44-38-7-5-6-8-40(38)49-41)48-43(28-45)25-23-34(24-26-43)32-15-11-30(4-2)12-16-32/h5-8,21-22,27-35H,3-4,9-20,23-26H2,1-2H3. The third-order valence-corrected chi connectivity index (χ3v) is 14.5. The number of hydrogen-bond acceptors (Lipinski definition) is 6. The number of carbonyl (C=O) groups excluding carboxylic acids is 2. The van der Waals surface area contributed by atoms with Crippen molar-refractivity contribution in [2.45, 2.75) is 135 Å². The topological polar surface area (TPSA) is 65.5 Å². The molecule has 4 aliphatic carbocycles. The molecule has 6 heteroatoms. The van der Waals surface area contributed by atoms with Crippen LogP contribution in [0.2, 0.25) is 0 Å². The van der Waals surface area contributed by atoms with Crippen LogP contribution in [0, 0.1) is 41.4 Å². The number of fused-ring (bicyclic) bond motifs is 1. The first kappa shape index (κ1) is 34.7. The summed E-state index contributed by atoms with van der Waals surface area (Å²) in [6, 6.07) is 13.8. The fourth-order valence-corrected chi connectivity index (χ4v) is 11.0. The Morgan fingerprint density at radius 3 is 1.92 bits per heavy atom. The van der Waals surface area contributed by atoms with Crippen molar-refractivity contribution in [3.05, 3.63) is 42.5 Å². The van der Waals surface area contributed by atoms with Crippen molar-refractivity contribution in [3.8, 4) is 22.1 Å². The second-order valence-electron chi connectivity index (χ2n) is 16.2. The lowest BCUT2D eigenvalue weighted by Crippen LogP contribution is -2.43. The van der Waals surface area contributed by atoms with Crippen LogP contribution < -0.4 is 9.47 Å². The molecular weight excluding hydrogens is 627 g/mol. The fraction of sp³-hybridized carbons (Fsp3) is 0.651. The average molecular weight is 684 g/mol. The normalized spacial score (nSPS) is 32.4. The van der Waals surface area contributed by atoms with Gasteiger partial charge in [-0.2, -0.15) is 0 Å². The monoisotopic (exact) mass is 683 g/mol. The van der Waals surface area contributed by atoms with Crippen LogP contribution in [0.3, 0.4) is 0 Å². The number of carbonyl (C=O) groups is 2. The maximum atomic E-state index is 13.7. The van der Waals surface area contributed by atoms with Crippen LogP contribution in [0.25, 0.3) is 20.8 Å². The van der Waals surface area contributed by atoms with E-state index < -0.39 is 5.60 Å². The van der Waals surface area contributed by atoms with E-state index >= 15 is 0 Å². The average Bonchev–Trinajstić information content (AvgIpc) is 3.60. The van der Waals surface area contributed by atoms with Crippen molar-refractivity contribution < 1.29 is 19.1 Å². The van der Waals surface area contributed by atoms with Crippen LogP contribution in [0.4, 0.5) is 0 Å². The van der Waals surface area contributed by atoms with Gasteiger partial charge in [-0.3, -0.25) is 9.59 Å². The minimum Gasteiger partial charge on any atom is -0.480 e. The van der Waals surface area contributed by atoms with E-state index in [2.05, 4.69) is 19.9 Å². The van der Waals surface area contributed by atoms with Crippen LogP contribution in [0.5, 0.6) is 11.5 Å². The molecule has 4 fully saturated rings. The van der Waals surface area contributed by atoms with Gasteiger partial charge in [-0.15, -0.1) is 11.3 Å². The van der Waals surface area contributed by atoms with E-state index in [0.29, 0.717) is 17.4 Å². The first-order valence-electron chi connectivity index (χ1n) is 19.8. The second-order valence-corrected chi connectivity index (χ2v) is 17.2. The quantitative estimate of drug-likeness (QED) is 0.121. The number of para-hydroxylation sites is 1. The first-order valence-corrected chi connectivity index (χ1v) is 20.6. The van der Waals surface area contributed by atoms with Crippen LogP contribution in [0.15, 0.2) is 42.5 Å². The molecule has 0 unspecified atom stereocenters. The zero-order valence-electron chi connectivity index (χ0n) is 29.9. The summed E-state index contributed by atoms with van der Waals surface area (Å²) in [6.07, 6.45) is 22.3. The molecule has 0 atom stereocenters. The van der Waals surface area contributed by atoms with Gasteiger partial charge in [0.2, 0.25) is 0 Å². The van der Waals surface area contributed by atoms with E-state index in [9.17, 15) is 9.59 Å². The summed E-state index contributed by atoms with van der Waals surface area (Å²) >= 11 is 1.59. The molecule has 0 aliphatic heterocycles. The Labute approximate surface area is 298 Å². The maximum Gasteiger partial charge on any atom is 0.314 e. The Morgan fingerprint density at radius 2 is 1.35 bits per heavy atom. The highest BCUT2D eigenvalue weighted by molar-refractivity contribution is 7.21. The SMILES string of the molecule is CCC1CCC(C2CCC(C(=O)Oc3ccc(OC4(C=O)CCC(C5CCC(CC)CC5)CC4)cc3-c3nc4ccccc4s3)CC2)CC1. The summed E-state index contributed by atoms with van der Waals surface area (Å²) in [5, 5.41) is 0.799. The zero-order valence-corrected chi connectivity index (χ0v) is 30.7. The summed E-state index contributed by atoms with van der Waals surface area (Å²) in [7, 11) is 0. The van der Waals surface area contributed by atoms with E-state index in [4.69, 9.17) is 14.5 Å². The van der Waals surface area contributed by atoms with E-state index in [0.717, 1.165) is 108 Å². The summed E-state index contributed by atoms with van der Waals surface area (Å²) in [4.78, 5) is 31.3. The molecule has 49 heavy (non-hydrogen) atoms. The van der Waals surface area contributed by atoms with Gasteiger partial charge in [0.15, 0.2) is 11.9 Å². The Balaban J connectivity index is 1.04. The van der Waals surface area contributed by atoms with Crippen molar-refractivity contribution in [2.75, 3.05) is 0 Å². The lowest BCUT2D eigenvalue weighted by Gasteiger charge is -2.41. The van der Waals surface area contributed by atoms with Crippen LogP contribution in [-0.2, 0) is 9.59 Å². The summed E-state index contributed by atoms with van der Waals surface area (Å²) in [6.45, 7) is 4.65. The first-order chi connectivity index (χ1) is 24.0. The van der Waals surface area contributed by atoms with Gasteiger partial charge in [0.25, 0.3) is 0 Å². The molecule has 0 amide bonds. The lowest BCUT2D eigenvalue weighted by atomic mass is 9.68. The van der Waals surface area contributed by atoms with Gasteiger partial charge in [0.05, 0.1) is 21.7 Å². The number of rotatable bonds is 10. The smallest absolute Gasteiger partial charge is 0.314 e. The van der Waals surface area contributed by atoms with Gasteiger partial charge in [-0.1, -0.05) is 64.5 Å². The largest absolute Gasteiger partial charge is 0.480 e. The molecule has 0 N–H and O–H groups in total. The predicted octanol–water partition coefficient (Wildman–Crippen LogP) is 11.6. The third kappa shape index (κ3) is 7.95. The van der Waals surface area contributed by atoms with Crippen molar-refractivity contribution in [3.63, 3.8) is 0 Å². The Kier molecular flexibility index (Phi) is 11.1. The molecule has 4 saturated carbocycles. The molecule has 1 heterocycles. The minimum atomic E-state index is -0.811. The van der Waals surface area contributed by atoms with Crippen LogP contribution in [-0.4, -0.2) is 22.8 Å². The molecule has 4 aliphatic rings. The van der Waals surface area contributed by atoms with Gasteiger partial charge in [-0.05, 0) is 143 Å². The molecule has 0 radical (unpaired) electrons. The summed E-state index contributed by atoms with van der Waals surface area (Å²) in [5.41, 5.74) is 0.873. The highest BCUT2D eigenvalue weighted by Gasteiger charge is 2.40. The molecular formula is C43H57NO4S. The summed E-state index contributed by atoms with van der Waals surface area (Å²) in [5.74, 6) is 5.89. The zero-order chi connectivity index (χ0) is 33.8. The molecule has 0 saturated heterocycles. The number of thiazole rings is 1. The van der Waals surface area contributed by atoms with Gasteiger partial charge in [0, 0.05) is 0 Å². The number of ether oxygens (including phenoxy) is 2. The maximum absolute atomic E-state index is 13.7. The van der Waals surface area contributed by atoms with Gasteiger partial charge in [-0.25, -0.2) is 4.98 Å². The highest BCUT2D eigenvalue weighted by Crippen LogP contribution is 2.46. The van der Waals surface area contributed by atoms with Crippen molar-refractivity contribution in [1.82, 2.24) is 4.98 Å². The molecule has 264 valence electrons. The predicted molar refractivity (Wildman–Crippen MR) is 199 cm³/mol. The molecule has 7 rings (SSSR count). The molecule has 1 aromatic heterocycles. The number of benzene rings is 2.